The van der Waals surface area contributed by atoms with Crippen LogP contribution in [0.25, 0.3) is 11.0 Å². The molecule has 0 bridgehead atoms. The summed E-state index contributed by atoms with van der Waals surface area (Å²) in [5, 5.41) is 16.0. The Morgan fingerprint density at radius 3 is 2.54 bits per heavy atom. The van der Waals surface area contributed by atoms with Crippen molar-refractivity contribution >= 4 is 44.0 Å². The standard InChI is InChI=1S/C48H55N7O7S/c56-47(52-63(59,60)38-10-12-42(44(28-38)55(57)58)50-30-32-15-24-61-25-16-32)41-11-9-35(27-45(41)62-37-26-34-14-20-49-46(34)51-31-37)53-22-18-48(19-23-53)17-13-36(29-48)54-21-3-6-43(54)40-5-2-1-4-39(40)33-7-8-33/h1-2,4-5,9-12,14,20,26-28,31-33,36,43,50H,3,6-8,13,15-19,21-25,29-30H2,(H,49,51)(H,52,56)/t36?,43-/m0/s1. The number of pyridine rings is 1. The van der Waals surface area contributed by atoms with Gasteiger partial charge in [-0.3, -0.25) is 19.8 Å². The molecule has 0 radical (unpaired) electrons. The molecule has 1 spiro atoms. The van der Waals surface area contributed by atoms with Gasteiger partial charge in [0.15, 0.2) is 0 Å². The predicted octanol–water partition coefficient (Wildman–Crippen LogP) is 9.07. The number of nitrogens with zero attached hydrogens (tertiary/aromatic N) is 4. The average Bonchev–Trinajstić information content (AvgIpc) is 3.62. The number of rotatable bonds is 13. The van der Waals surface area contributed by atoms with Gasteiger partial charge in [-0.2, -0.15) is 0 Å². The summed E-state index contributed by atoms with van der Waals surface area (Å²) in [6, 6.07) is 22.8. The molecule has 3 aromatic carbocycles. The van der Waals surface area contributed by atoms with Crippen molar-refractivity contribution in [3.8, 4) is 11.5 Å². The van der Waals surface area contributed by atoms with E-state index in [1.54, 1.807) is 41.7 Å². The maximum Gasteiger partial charge on any atom is 0.293 e. The molecule has 3 aliphatic heterocycles. The first-order valence-corrected chi connectivity index (χ1v) is 24.1. The number of anilines is 2. The molecule has 5 aromatic rings. The van der Waals surface area contributed by atoms with E-state index in [1.807, 2.05) is 12.1 Å². The zero-order chi connectivity index (χ0) is 43.1. The topological polar surface area (TPSA) is 172 Å². The van der Waals surface area contributed by atoms with Gasteiger partial charge in [0, 0.05) is 74.3 Å². The van der Waals surface area contributed by atoms with E-state index >= 15 is 0 Å². The Morgan fingerprint density at radius 1 is 0.937 bits per heavy atom. The van der Waals surface area contributed by atoms with E-state index in [1.165, 1.54) is 63.6 Å². The normalized spacial score (nSPS) is 21.8. The van der Waals surface area contributed by atoms with Crippen LogP contribution < -0.4 is 19.7 Å². The Hall–Kier alpha value is -5.51. The molecule has 63 heavy (non-hydrogen) atoms. The molecule has 1 amide bonds. The second-order valence-electron chi connectivity index (χ2n) is 18.4. The molecule has 10 rings (SSSR count). The summed E-state index contributed by atoms with van der Waals surface area (Å²) < 4.78 is 41.4. The van der Waals surface area contributed by atoms with Crippen LogP contribution >= 0.6 is 0 Å². The van der Waals surface area contributed by atoms with Crippen LogP contribution in [0.4, 0.5) is 17.1 Å². The maximum absolute atomic E-state index is 14.0. The van der Waals surface area contributed by atoms with Crippen molar-refractivity contribution in [1.82, 2.24) is 19.6 Å². The van der Waals surface area contributed by atoms with Gasteiger partial charge in [-0.25, -0.2) is 18.1 Å². The number of benzene rings is 3. The highest BCUT2D eigenvalue weighted by Crippen LogP contribution is 2.52. The van der Waals surface area contributed by atoms with Gasteiger partial charge in [-0.05, 0) is 142 Å². The summed E-state index contributed by atoms with van der Waals surface area (Å²) >= 11 is 0. The summed E-state index contributed by atoms with van der Waals surface area (Å²) in [5.74, 6) is 0.652. The number of carbonyl (C=O) groups excluding carboxylic acids is 1. The van der Waals surface area contributed by atoms with Gasteiger partial charge in [0.25, 0.3) is 21.6 Å². The largest absolute Gasteiger partial charge is 0.455 e. The van der Waals surface area contributed by atoms with Crippen molar-refractivity contribution in [3.05, 3.63) is 112 Å². The first-order valence-electron chi connectivity index (χ1n) is 22.6. The number of aromatic amines is 1. The number of carbonyl (C=O) groups is 1. The minimum Gasteiger partial charge on any atom is -0.455 e. The molecule has 3 saturated heterocycles. The Bertz CT molecular complexity index is 2620. The molecule has 2 atom stereocenters. The summed E-state index contributed by atoms with van der Waals surface area (Å²) in [5.41, 5.74) is 4.80. The summed E-state index contributed by atoms with van der Waals surface area (Å²) in [6.45, 7) is 4.65. The lowest BCUT2D eigenvalue weighted by Gasteiger charge is -2.41. The van der Waals surface area contributed by atoms with Gasteiger partial charge in [0.05, 0.1) is 21.6 Å². The molecule has 3 N–H and O–H groups in total. The van der Waals surface area contributed by atoms with Crippen LogP contribution in [0, 0.1) is 21.4 Å². The second kappa shape index (κ2) is 17.2. The number of nitro benzene ring substituents is 1. The van der Waals surface area contributed by atoms with Crippen LogP contribution in [-0.2, 0) is 14.8 Å². The fourth-order valence-corrected chi connectivity index (χ4v) is 11.8. The van der Waals surface area contributed by atoms with Crippen molar-refractivity contribution in [2.75, 3.05) is 49.6 Å². The minimum atomic E-state index is -4.54. The quantitative estimate of drug-likeness (QED) is 0.0761. The van der Waals surface area contributed by atoms with Crippen LogP contribution in [-0.4, -0.2) is 79.6 Å². The Balaban J connectivity index is 0.850. The van der Waals surface area contributed by atoms with E-state index < -0.39 is 31.4 Å². The first-order chi connectivity index (χ1) is 30.6. The summed E-state index contributed by atoms with van der Waals surface area (Å²) in [6.07, 6.45) is 15.9. The van der Waals surface area contributed by atoms with Crippen LogP contribution in [0.1, 0.15) is 104 Å². The van der Waals surface area contributed by atoms with Crippen molar-refractivity contribution in [2.45, 2.75) is 93.5 Å². The predicted molar refractivity (Wildman–Crippen MR) is 241 cm³/mol. The van der Waals surface area contributed by atoms with Gasteiger partial charge >= 0.3 is 0 Å². The lowest BCUT2D eigenvalue weighted by molar-refractivity contribution is -0.384. The van der Waals surface area contributed by atoms with E-state index in [2.05, 4.69) is 54.1 Å². The highest BCUT2D eigenvalue weighted by molar-refractivity contribution is 7.90. The van der Waals surface area contributed by atoms with Gasteiger partial charge in [0.2, 0.25) is 0 Å². The summed E-state index contributed by atoms with van der Waals surface area (Å²) in [4.78, 5) is 37.8. The molecule has 2 aromatic heterocycles. The third-order valence-electron chi connectivity index (χ3n) is 14.4. The van der Waals surface area contributed by atoms with E-state index in [9.17, 15) is 23.3 Å². The van der Waals surface area contributed by atoms with Gasteiger partial charge in [0.1, 0.15) is 22.8 Å². The van der Waals surface area contributed by atoms with Gasteiger partial charge < -0.3 is 24.7 Å². The van der Waals surface area contributed by atoms with E-state index in [0.717, 1.165) is 61.8 Å². The number of nitro groups is 1. The monoisotopic (exact) mass is 873 g/mol. The smallest absolute Gasteiger partial charge is 0.293 e. The number of nitrogens with one attached hydrogen (secondary N) is 3. The fourth-order valence-electron chi connectivity index (χ4n) is 10.8. The SMILES string of the molecule is O=C(NS(=O)(=O)c1ccc(NCC2CCOCC2)c([N+](=O)[O-])c1)c1ccc(N2CCC3(CCC(N4CCC[C@H]4c4ccccc4C4CC4)C3)CC2)cc1Oc1cnc2[nH]ccc2c1. The van der Waals surface area contributed by atoms with Crippen molar-refractivity contribution in [3.63, 3.8) is 0 Å². The number of aromatic nitrogens is 2. The molecular weight excluding hydrogens is 819 g/mol. The number of ether oxygens (including phenoxy) is 2. The van der Waals surface area contributed by atoms with Gasteiger partial charge in [-0.15, -0.1) is 0 Å². The molecular formula is C48H55N7O7S. The van der Waals surface area contributed by atoms with Crippen LogP contribution in [0.15, 0.2) is 90.1 Å². The van der Waals surface area contributed by atoms with Crippen molar-refractivity contribution in [1.29, 1.82) is 0 Å². The van der Waals surface area contributed by atoms with E-state index in [-0.39, 0.29) is 22.9 Å². The number of piperidine rings is 1. The van der Waals surface area contributed by atoms with E-state index in [4.69, 9.17) is 9.47 Å². The molecule has 15 heteroatoms. The number of H-pyrrole nitrogens is 1. The van der Waals surface area contributed by atoms with Crippen LogP contribution in [0.5, 0.6) is 11.5 Å². The lowest BCUT2D eigenvalue weighted by Crippen LogP contribution is -2.40. The van der Waals surface area contributed by atoms with Crippen molar-refractivity contribution < 1.29 is 27.6 Å². The van der Waals surface area contributed by atoms with Crippen LogP contribution in [0.3, 0.4) is 0 Å². The number of sulfonamides is 1. The Labute approximate surface area is 367 Å². The highest BCUT2D eigenvalue weighted by atomic mass is 32.2. The number of hydrogen-bond acceptors (Lipinski definition) is 11. The Kier molecular flexibility index (Phi) is 11.3. The molecule has 5 aliphatic rings. The molecule has 330 valence electrons. The second-order valence-corrected chi connectivity index (χ2v) is 20.0. The molecule has 2 aliphatic carbocycles. The lowest BCUT2D eigenvalue weighted by atomic mass is 9.76. The van der Waals surface area contributed by atoms with Gasteiger partial charge in [-0.1, -0.05) is 24.3 Å². The molecule has 14 nitrogen and oxygen atoms in total. The molecule has 1 unspecified atom stereocenters. The first kappa shape index (κ1) is 41.5. The molecule has 2 saturated carbocycles. The average molecular weight is 874 g/mol. The third-order valence-corrected chi connectivity index (χ3v) is 15.8. The number of likely N-dealkylation sites (tertiary alicyclic amines) is 1. The third kappa shape index (κ3) is 8.75. The maximum atomic E-state index is 14.0. The zero-order valence-electron chi connectivity index (χ0n) is 35.5. The van der Waals surface area contributed by atoms with E-state index in [0.29, 0.717) is 48.7 Å². The molecule has 5 heterocycles. The highest BCUT2D eigenvalue weighted by Gasteiger charge is 2.46. The van der Waals surface area contributed by atoms with Crippen molar-refractivity contribution in [2.24, 2.45) is 11.3 Å². The number of hydrogen-bond donors (Lipinski definition) is 3. The van der Waals surface area contributed by atoms with Crippen LogP contribution in [0.2, 0.25) is 0 Å². The zero-order valence-corrected chi connectivity index (χ0v) is 36.3. The molecule has 5 fully saturated rings. The fraction of sp³-hybridized carbons (Fsp3) is 0.458. The Morgan fingerprint density at radius 2 is 1.75 bits per heavy atom. The summed E-state index contributed by atoms with van der Waals surface area (Å²) in [7, 11) is -4.54. The minimum absolute atomic E-state index is 0.00344. The number of fused-ring (bicyclic) bond motifs is 1. The number of amides is 1.